The van der Waals surface area contributed by atoms with Gasteiger partial charge in [0.1, 0.15) is 0 Å². The number of anilines is 2. The minimum Gasteiger partial charge on any atom is -0.351 e. The maximum absolute atomic E-state index is 12.3. The summed E-state index contributed by atoms with van der Waals surface area (Å²) >= 11 is 3.38. The molecule has 1 aromatic heterocycles. The second-order valence-corrected chi connectivity index (χ2v) is 5.97. The van der Waals surface area contributed by atoms with Crippen molar-refractivity contribution in [3.63, 3.8) is 0 Å². The number of hydrogen-bond donors (Lipinski definition) is 3. The topological polar surface area (TPSA) is 115 Å². The Hall–Kier alpha value is -3.20. The first-order valence-corrected chi connectivity index (χ1v) is 7.97. The van der Waals surface area contributed by atoms with Gasteiger partial charge < -0.3 is 16.4 Å². The highest BCUT2D eigenvalue weighted by Crippen LogP contribution is 2.17. The fraction of sp³-hybridized carbons (Fsp3) is 0. The van der Waals surface area contributed by atoms with E-state index < -0.39 is 11.9 Å². The second-order valence-electron chi connectivity index (χ2n) is 5.05. The lowest BCUT2D eigenvalue weighted by Gasteiger charge is -2.06. The van der Waals surface area contributed by atoms with Gasteiger partial charge in [-0.3, -0.25) is 4.79 Å². The first-order valence-electron chi connectivity index (χ1n) is 7.17. The molecule has 1 heterocycles. The lowest BCUT2D eigenvalue weighted by Crippen LogP contribution is -2.19. The van der Waals surface area contributed by atoms with E-state index in [4.69, 9.17) is 5.73 Å². The molecule has 2 aromatic carbocycles. The van der Waals surface area contributed by atoms with Gasteiger partial charge in [0, 0.05) is 15.8 Å². The van der Waals surface area contributed by atoms with Crippen LogP contribution in [0.4, 0.5) is 16.2 Å². The van der Waals surface area contributed by atoms with Crippen molar-refractivity contribution in [3.8, 4) is 5.69 Å². The maximum atomic E-state index is 12.3. The van der Waals surface area contributed by atoms with E-state index in [1.807, 2.05) is 24.3 Å². The van der Waals surface area contributed by atoms with Gasteiger partial charge in [-0.05, 0) is 36.4 Å². The van der Waals surface area contributed by atoms with Crippen LogP contribution in [0.1, 0.15) is 10.5 Å². The molecule has 3 amide bonds. The zero-order chi connectivity index (χ0) is 17.8. The summed E-state index contributed by atoms with van der Waals surface area (Å²) in [6, 6.07) is 13.4. The Labute approximate surface area is 151 Å². The van der Waals surface area contributed by atoms with Gasteiger partial charge in [0.2, 0.25) is 0 Å². The van der Waals surface area contributed by atoms with Crippen molar-refractivity contribution in [1.29, 1.82) is 0 Å². The minimum atomic E-state index is -0.680. The number of nitrogens with zero attached hydrogens (tertiary/aromatic N) is 3. The number of nitrogens with two attached hydrogens (primary N) is 1. The van der Waals surface area contributed by atoms with E-state index in [9.17, 15) is 9.59 Å². The predicted octanol–water partition coefficient (Wildman–Crippen LogP) is 2.77. The van der Waals surface area contributed by atoms with Crippen LogP contribution in [0, 0.1) is 0 Å². The van der Waals surface area contributed by atoms with Gasteiger partial charge in [-0.15, -0.1) is 5.10 Å². The molecule has 9 heteroatoms. The summed E-state index contributed by atoms with van der Waals surface area (Å²) in [6.45, 7) is 0. The van der Waals surface area contributed by atoms with E-state index in [1.54, 1.807) is 24.3 Å². The molecule has 0 spiro atoms. The Morgan fingerprint density at radius 3 is 2.48 bits per heavy atom. The van der Waals surface area contributed by atoms with Crippen molar-refractivity contribution in [2.24, 2.45) is 5.73 Å². The van der Waals surface area contributed by atoms with E-state index in [1.165, 1.54) is 10.9 Å². The van der Waals surface area contributed by atoms with Crippen molar-refractivity contribution >= 4 is 39.2 Å². The Morgan fingerprint density at radius 2 is 1.76 bits per heavy atom. The van der Waals surface area contributed by atoms with Crippen molar-refractivity contribution < 1.29 is 9.59 Å². The number of primary amides is 1. The van der Waals surface area contributed by atoms with Gasteiger partial charge in [-0.1, -0.05) is 33.3 Å². The fourth-order valence-electron chi connectivity index (χ4n) is 2.12. The van der Waals surface area contributed by atoms with Crippen LogP contribution in [0.3, 0.4) is 0 Å². The van der Waals surface area contributed by atoms with Crippen molar-refractivity contribution in [2.45, 2.75) is 0 Å². The van der Waals surface area contributed by atoms with Crippen LogP contribution < -0.4 is 16.4 Å². The number of nitrogens with one attached hydrogen (secondary N) is 2. The third kappa shape index (κ3) is 4.21. The van der Waals surface area contributed by atoms with Crippen molar-refractivity contribution in [3.05, 3.63) is 64.9 Å². The molecule has 0 bridgehead atoms. The molecule has 126 valence electrons. The molecule has 0 unspecified atom stereocenters. The predicted molar refractivity (Wildman–Crippen MR) is 96.7 cm³/mol. The molecule has 3 rings (SSSR count). The second kappa shape index (κ2) is 7.14. The number of halogens is 1. The highest BCUT2D eigenvalue weighted by atomic mass is 79.9. The molecule has 0 saturated carbocycles. The Balaban J connectivity index is 1.75. The van der Waals surface area contributed by atoms with Crippen LogP contribution in [0.25, 0.3) is 5.69 Å². The number of urea groups is 1. The van der Waals surface area contributed by atoms with E-state index in [2.05, 4.69) is 36.9 Å². The zero-order valence-electron chi connectivity index (χ0n) is 12.8. The SMILES string of the molecule is NC(=O)Nc1cccc(NC(=O)c2cn(-c3cccc(Br)c3)nn2)c1. The molecular weight excluding hydrogens is 388 g/mol. The summed E-state index contributed by atoms with van der Waals surface area (Å²) in [5.41, 5.74) is 6.97. The van der Waals surface area contributed by atoms with Crippen LogP contribution in [-0.4, -0.2) is 26.9 Å². The number of benzene rings is 2. The Bertz CT molecular complexity index is 940. The van der Waals surface area contributed by atoms with Crippen LogP contribution in [-0.2, 0) is 0 Å². The number of carbonyl (C=O) groups is 2. The van der Waals surface area contributed by atoms with Gasteiger partial charge >= 0.3 is 6.03 Å². The summed E-state index contributed by atoms with van der Waals surface area (Å²) in [7, 11) is 0. The molecule has 0 aliphatic rings. The van der Waals surface area contributed by atoms with E-state index in [0.717, 1.165) is 10.2 Å². The third-order valence-electron chi connectivity index (χ3n) is 3.19. The number of carbonyl (C=O) groups excluding carboxylic acids is 2. The Kier molecular flexibility index (Phi) is 4.75. The normalized spacial score (nSPS) is 10.3. The molecular formula is C16H13BrN6O2. The standard InChI is InChI=1S/C16H13BrN6O2/c17-10-3-1-6-13(7-10)23-9-14(21-22-23)15(24)19-11-4-2-5-12(8-11)20-16(18)25/h1-9H,(H,19,24)(H3,18,20,25). The van der Waals surface area contributed by atoms with Gasteiger partial charge in [0.05, 0.1) is 11.9 Å². The van der Waals surface area contributed by atoms with Crippen LogP contribution >= 0.6 is 15.9 Å². The summed E-state index contributed by atoms with van der Waals surface area (Å²) in [5.74, 6) is -0.419. The average Bonchev–Trinajstić information content (AvgIpc) is 3.05. The van der Waals surface area contributed by atoms with Crippen LogP contribution in [0.2, 0.25) is 0 Å². The van der Waals surface area contributed by atoms with Crippen LogP contribution in [0.5, 0.6) is 0 Å². The quantitative estimate of drug-likeness (QED) is 0.624. The summed E-state index contributed by atoms with van der Waals surface area (Å²) in [5, 5.41) is 13.0. The molecule has 25 heavy (non-hydrogen) atoms. The molecule has 0 aliphatic heterocycles. The molecule has 3 aromatic rings. The molecule has 0 aliphatic carbocycles. The maximum Gasteiger partial charge on any atom is 0.316 e. The fourth-order valence-corrected chi connectivity index (χ4v) is 2.51. The number of rotatable bonds is 4. The van der Waals surface area contributed by atoms with Crippen molar-refractivity contribution in [1.82, 2.24) is 15.0 Å². The zero-order valence-corrected chi connectivity index (χ0v) is 14.4. The first-order chi connectivity index (χ1) is 12.0. The molecule has 0 atom stereocenters. The molecule has 0 radical (unpaired) electrons. The number of aromatic nitrogens is 3. The monoisotopic (exact) mass is 400 g/mol. The van der Waals surface area contributed by atoms with Gasteiger partial charge in [0.25, 0.3) is 5.91 Å². The lowest BCUT2D eigenvalue weighted by molar-refractivity contribution is 0.102. The summed E-state index contributed by atoms with van der Waals surface area (Å²) < 4.78 is 2.40. The average molecular weight is 401 g/mol. The summed E-state index contributed by atoms with van der Waals surface area (Å²) in [6.07, 6.45) is 1.53. The number of hydrogen-bond acceptors (Lipinski definition) is 4. The molecule has 0 saturated heterocycles. The molecule has 4 N–H and O–H groups in total. The van der Waals surface area contributed by atoms with Gasteiger partial charge in [-0.2, -0.15) is 0 Å². The largest absolute Gasteiger partial charge is 0.351 e. The molecule has 0 fully saturated rings. The van der Waals surface area contributed by atoms with Crippen LogP contribution in [0.15, 0.2) is 59.2 Å². The van der Waals surface area contributed by atoms with E-state index in [-0.39, 0.29) is 5.69 Å². The first kappa shape index (κ1) is 16.7. The van der Waals surface area contributed by atoms with E-state index in [0.29, 0.717) is 11.4 Å². The Morgan fingerprint density at radius 1 is 1.04 bits per heavy atom. The van der Waals surface area contributed by atoms with Gasteiger partial charge in [0.15, 0.2) is 5.69 Å². The van der Waals surface area contributed by atoms with Crippen molar-refractivity contribution in [2.75, 3.05) is 10.6 Å². The van der Waals surface area contributed by atoms with E-state index >= 15 is 0 Å². The lowest BCUT2D eigenvalue weighted by atomic mass is 10.2. The summed E-state index contributed by atoms with van der Waals surface area (Å²) in [4.78, 5) is 23.2. The minimum absolute atomic E-state index is 0.160. The smallest absolute Gasteiger partial charge is 0.316 e. The van der Waals surface area contributed by atoms with Gasteiger partial charge in [-0.25, -0.2) is 9.48 Å². The third-order valence-corrected chi connectivity index (χ3v) is 3.68. The number of amides is 3. The highest BCUT2D eigenvalue weighted by molar-refractivity contribution is 9.10. The molecule has 8 nitrogen and oxygen atoms in total. The highest BCUT2D eigenvalue weighted by Gasteiger charge is 2.12.